The molecule has 3 rings (SSSR count). The SMILES string of the molecule is CC(=O)[N+](Nc1cc(C(F)(F)F)c(Oc2ccc3[nH]cc(C(C)C)c3c2)c(C(F)(F)F)c1)(OC(C)(CC(=O)O)C(=O)O)C(C)(CC(=O)O)C(=O)[O-]. The summed E-state index contributed by atoms with van der Waals surface area (Å²) in [6.45, 7) is 4.90. The number of hydrogen-bond acceptors (Lipinski definition) is 9. The first-order valence-corrected chi connectivity index (χ1v) is 14.6. The van der Waals surface area contributed by atoms with Crippen molar-refractivity contribution in [3.05, 3.63) is 53.2 Å². The van der Waals surface area contributed by atoms with Crippen molar-refractivity contribution >= 4 is 46.4 Å². The maximum Gasteiger partial charge on any atom is 0.420 e. The van der Waals surface area contributed by atoms with E-state index in [1.165, 1.54) is 12.1 Å². The number of carbonyl (C=O) groups excluding carboxylic acids is 2. The van der Waals surface area contributed by atoms with Gasteiger partial charge in [0, 0.05) is 24.0 Å². The second kappa shape index (κ2) is 13.7. The highest BCUT2D eigenvalue weighted by molar-refractivity contribution is 5.87. The van der Waals surface area contributed by atoms with E-state index in [9.17, 15) is 70.7 Å². The fourth-order valence-electron chi connectivity index (χ4n) is 5.27. The van der Waals surface area contributed by atoms with Crippen LogP contribution in [0.25, 0.3) is 10.9 Å². The van der Waals surface area contributed by atoms with E-state index in [0.717, 1.165) is 6.07 Å². The van der Waals surface area contributed by atoms with Crippen molar-refractivity contribution in [1.29, 1.82) is 0 Å². The number of alkyl halides is 6. The number of aliphatic carboxylic acids is 4. The number of aromatic amines is 1. The minimum absolute atomic E-state index is 0.0516. The Morgan fingerprint density at radius 3 is 1.84 bits per heavy atom. The topological polar surface area (TPSA) is 215 Å². The van der Waals surface area contributed by atoms with Crippen molar-refractivity contribution in [3.8, 4) is 11.5 Å². The van der Waals surface area contributed by atoms with Crippen LogP contribution < -0.4 is 15.3 Å². The first-order valence-electron chi connectivity index (χ1n) is 14.6. The van der Waals surface area contributed by atoms with Crippen molar-refractivity contribution in [2.75, 3.05) is 5.43 Å². The summed E-state index contributed by atoms with van der Waals surface area (Å²) < 4.78 is 90.2. The number of benzene rings is 2. The van der Waals surface area contributed by atoms with Gasteiger partial charge in [-0.25, -0.2) is 9.59 Å². The number of ether oxygens (including phenoxy) is 1. The van der Waals surface area contributed by atoms with Crippen LogP contribution in [0.15, 0.2) is 36.5 Å². The molecule has 3 atom stereocenters. The van der Waals surface area contributed by atoms with Gasteiger partial charge < -0.3 is 34.9 Å². The molecular weight excluding hydrogens is 704 g/mol. The summed E-state index contributed by atoms with van der Waals surface area (Å²) in [6.07, 6.45) is -13.0. The van der Waals surface area contributed by atoms with Gasteiger partial charge in [0.2, 0.25) is 11.1 Å². The standard InChI is InChI=1S/C31H31F6N3O11/c1-14(2)19-13-38-22-7-6-17(10-18(19)22)50-25-20(30(32,33)34)8-16(9-21(25)31(35,36)37)39-40(15(3)41,28(4,26(46)47)11-23(42)43)51-29(5,27(48)49)12-24(44)45/h6-10,13-14,38-39H,11-12H2,1-5H3,(H3-,42,43,44,45,46,47,48,49). The number of amides is 1. The summed E-state index contributed by atoms with van der Waals surface area (Å²) >= 11 is 0. The molecule has 0 aliphatic heterocycles. The van der Waals surface area contributed by atoms with Crippen LogP contribution in [0.4, 0.5) is 32.0 Å². The Morgan fingerprint density at radius 1 is 0.902 bits per heavy atom. The molecule has 1 amide bonds. The number of halogens is 6. The highest BCUT2D eigenvalue weighted by atomic mass is 19.4. The molecule has 0 aliphatic carbocycles. The van der Waals surface area contributed by atoms with Crippen molar-refractivity contribution < 1.29 is 85.1 Å². The molecule has 0 radical (unpaired) electrons. The molecule has 278 valence electrons. The second-order valence-electron chi connectivity index (χ2n) is 12.2. The highest BCUT2D eigenvalue weighted by Gasteiger charge is 2.63. The Kier molecular flexibility index (Phi) is 10.8. The average Bonchev–Trinajstić information content (AvgIpc) is 3.38. The lowest BCUT2D eigenvalue weighted by atomic mass is 9.95. The number of hydrogen-bond donors (Lipinski definition) is 5. The number of quaternary nitrogens is 1. The molecule has 1 heterocycles. The quantitative estimate of drug-likeness (QED) is 0.0836. The van der Waals surface area contributed by atoms with E-state index in [2.05, 4.69) is 4.98 Å². The number of nitrogens with one attached hydrogen (secondary N) is 2. The van der Waals surface area contributed by atoms with Gasteiger partial charge in [-0.3, -0.25) is 9.59 Å². The Labute approximate surface area is 283 Å². The molecule has 3 aromatic rings. The van der Waals surface area contributed by atoms with Crippen LogP contribution in [0.5, 0.6) is 11.5 Å². The van der Waals surface area contributed by atoms with E-state index in [0.29, 0.717) is 37.2 Å². The molecule has 0 saturated carbocycles. The van der Waals surface area contributed by atoms with Crippen LogP contribution in [0, 0.1) is 0 Å². The molecule has 51 heavy (non-hydrogen) atoms. The molecule has 3 unspecified atom stereocenters. The largest absolute Gasteiger partial charge is 0.544 e. The third kappa shape index (κ3) is 8.01. The Morgan fingerprint density at radius 2 is 1.43 bits per heavy atom. The predicted molar refractivity (Wildman–Crippen MR) is 159 cm³/mol. The predicted octanol–water partition coefficient (Wildman–Crippen LogP) is 5.04. The number of H-pyrrole nitrogens is 1. The molecule has 5 N–H and O–H groups in total. The zero-order valence-corrected chi connectivity index (χ0v) is 27.3. The summed E-state index contributed by atoms with van der Waals surface area (Å²) in [7, 11) is 0. The molecule has 0 saturated heterocycles. The van der Waals surface area contributed by atoms with Crippen LogP contribution in [-0.4, -0.2) is 66.0 Å². The van der Waals surface area contributed by atoms with Crippen LogP contribution in [0.3, 0.4) is 0 Å². The van der Waals surface area contributed by atoms with Gasteiger partial charge in [0.15, 0.2) is 5.75 Å². The lowest BCUT2D eigenvalue weighted by molar-refractivity contribution is -1.07. The molecule has 1 aromatic heterocycles. The molecular formula is C31H31F6N3O11. The summed E-state index contributed by atoms with van der Waals surface area (Å²) in [5.41, 5.74) is -9.41. The van der Waals surface area contributed by atoms with Crippen LogP contribution in [0.2, 0.25) is 0 Å². The van der Waals surface area contributed by atoms with Gasteiger partial charge in [-0.05, 0) is 53.5 Å². The summed E-state index contributed by atoms with van der Waals surface area (Å²) in [5, 5.41) is 41.6. The number of fused-ring (bicyclic) bond motifs is 1. The Balaban J connectivity index is 2.43. The zero-order chi connectivity index (χ0) is 39.1. The maximum atomic E-state index is 14.6. The average molecular weight is 736 g/mol. The summed E-state index contributed by atoms with van der Waals surface area (Å²) in [6, 6.07) is 3.54. The van der Waals surface area contributed by atoms with Crippen LogP contribution >= 0.6 is 0 Å². The minimum atomic E-state index is -5.67. The van der Waals surface area contributed by atoms with Crippen molar-refractivity contribution in [1.82, 2.24) is 4.98 Å². The summed E-state index contributed by atoms with van der Waals surface area (Å²) in [4.78, 5) is 69.6. The lowest BCUT2D eigenvalue weighted by Crippen LogP contribution is -2.76. The molecule has 14 nitrogen and oxygen atoms in total. The van der Waals surface area contributed by atoms with E-state index in [-0.39, 0.29) is 18.1 Å². The molecule has 0 fully saturated rings. The number of hydroxylamine groups is 2. The normalized spacial score (nSPS) is 15.8. The third-order valence-corrected chi connectivity index (χ3v) is 7.87. The number of rotatable bonds is 14. The minimum Gasteiger partial charge on any atom is -0.544 e. The Hall–Kier alpha value is -5.37. The Bertz CT molecular complexity index is 1860. The monoisotopic (exact) mass is 735 g/mol. The first kappa shape index (κ1) is 40.1. The number of nitrogens with zero attached hydrogens (tertiary/aromatic N) is 1. The number of carboxylic acids is 4. The van der Waals surface area contributed by atoms with Crippen LogP contribution in [0.1, 0.15) is 70.1 Å². The van der Waals surface area contributed by atoms with E-state index >= 15 is 0 Å². The molecule has 0 bridgehead atoms. The van der Waals surface area contributed by atoms with Gasteiger partial charge in [-0.1, -0.05) is 13.8 Å². The maximum absolute atomic E-state index is 14.6. The molecule has 0 aliphatic rings. The van der Waals surface area contributed by atoms with Crippen LogP contribution in [-0.2, 0) is 41.2 Å². The summed E-state index contributed by atoms with van der Waals surface area (Å²) in [5.74, 6) is -12.8. The fourth-order valence-corrected chi connectivity index (χ4v) is 5.27. The van der Waals surface area contributed by atoms with Gasteiger partial charge in [-0.15, -0.1) is 4.84 Å². The van der Waals surface area contributed by atoms with Gasteiger partial charge in [0.25, 0.3) is 0 Å². The van der Waals surface area contributed by atoms with E-state index in [4.69, 9.17) is 9.57 Å². The second-order valence-corrected chi connectivity index (χ2v) is 12.2. The third-order valence-electron chi connectivity index (χ3n) is 7.87. The van der Waals surface area contributed by atoms with Crippen molar-refractivity contribution in [2.24, 2.45) is 0 Å². The van der Waals surface area contributed by atoms with E-state index < -0.39 is 99.2 Å². The zero-order valence-electron chi connectivity index (χ0n) is 27.3. The number of anilines is 1. The smallest absolute Gasteiger partial charge is 0.420 e. The fraction of sp³-hybridized carbons (Fsp3) is 0.387. The van der Waals surface area contributed by atoms with Crippen molar-refractivity contribution in [3.63, 3.8) is 0 Å². The number of aromatic nitrogens is 1. The van der Waals surface area contributed by atoms with E-state index in [1.54, 1.807) is 25.5 Å². The number of carboxylic acid groups (broad SMARTS) is 4. The van der Waals surface area contributed by atoms with Gasteiger partial charge in [0.1, 0.15) is 29.3 Å². The first-order chi connectivity index (χ1) is 23.2. The number of carbonyl (C=O) groups is 5. The lowest BCUT2D eigenvalue weighted by Gasteiger charge is -2.47. The molecule has 20 heteroatoms. The molecule has 2 aromatic carbocycles. The molecule has 0 spiro atoms. The highest BCUT2D eigenvalue weighted by Crippen LogP contribution is 2.49. The van der Waals surface area contributed by atoms with E-state index in [1.807, 2.05) is 0 Å². The van der Waals surface area contributed by atoms with Crippen molar-refractivity contribution in [2.45, 2.75) is 76.9 Å². The van der Waals surface area contributed by atoms with Gasteiger partial charge in [-0.2, -0.15) is 31.8 Å². The van der Waals surface area contributed by atoms with Gasteiger partial charge in [0.05, 0.1) is 19.0 Å². The van der Waals surface area contributed by atoms with Gasteiger partial charge >= 0.3 is 36.2 Å².